The molecule has 0 aliphatic rings. The Bertz CT molecular complexity index is 1600. The Balaban J connectivity index is 1.80. The minimum absolute atomic E-state index is 0.255. The van der Waals surface area contributed by atoms with Crippen LogP contribution in [0.2, 0.25) is 5.02 Å². The highest BCUT2D eigenvalue weighted by molar-refractivity contribution is 7.13. The van der Waals surface area contributed by atoms with Gasteiger partial charge in [0.15, 0.2) is 0 Å². The Hall–Kier alpha value is -3.88. The standard InChI is InChI=1S/C26H20ClN3O4S/c1-32-17-8-9-23(33-2)22(12-17)30-21-10-11-28-24(34-3)18(21)13-19(26(30)31)25-29-20(14-35-25)15-4-6-16(27)7-5-15/h4-14H,1-3H3. The molecular formula is C26H20ClN3O4S. The second-order valence-corrected chi connectivity index (χ2v) is 8.83. The van der Waals surface area contributed by atoms with Gasteiger partial charge in [0, 0.05) is 28.2 Å². The van der Waals surface area contributed by atoms with Gasteiger partial charge in [0.05, 0.1) is 49.2 Å². The number of benzene rings is 2. The van der Waals surface area contributed by atoms with Gasteiger partial charge in [-0.25, -0.2) is 9.97 Å². The fraction of sp³-hybridized carbons (Fsp3) is 0.115. The minimum Gasteiger partial charge on any atom is -0.497 e. The number of hydrogen-bond acceptors (Lipinski definition) is 7. The predicted molar refractivity (Wildman–Crippen MR) is 139 cm³/mol. The molecule has 0 amide bonds. The number of fused-ring (bicyclic) bond motifs is 1. The van der Waals surface area contributed by atoms with Crippen molar-refractivity contribution in [3.8, 4) is 44.9 Å². The summed E-state index contributed by atoms with van der Waals surface area (Å²) in [6, 6.07) is 16.3. The number of nitrogens with zero attached hydrogens (tertiary/aromatic N) is 3. The Labute approximate surface area is 210 Å². The number of hydrogen-bond donors (Lipinski definition) is 0. The number of thiazole rings is 1. The first-order chi connectivity index (χ1) is 17.0. The van der Waals surface area contributed by atoms with Crippen molar-refractivity contribution in [3.63, 3.8) is 0 Å². The minimum atomic E-state index is -0.255. The van der Waals surface area contributed by atoms with E-state index in [0.717, 1.165) is 11.3 Å². The van der Waals surface area contributed by atoms with E-state index in [9.17, 15) is 4.79 Å². The van der Waals surface area contributed by atoms with Gasteiger partial charge in [-0.2, -0.15) is 0 Å². The van der Waals surface area contributed by atoms with E-state index >= 15 is 0 Å². The van der Waals surface area contributed by atoms with Crippen LogP contribution >= 0.6 is 22.9 Å². The zero-order valence-electron chi connectivity index (χ0n) is 19.1. The lowest BCUT2D eigenvalue weighted by Crippen LogP contribution is -2.21. The third-order valence-electron chi connectivity index (χ3n) is 5.59. The molecule has 5 aromatic rings. The average Bonchev–Trinajstić information content (AvgIpc) is 3.38. The zero-order valence-corrected chi connectivity index (χ0v) is 20.7. The van der Waals surface area contributed by atoms with Crippen molar-refractivity contribution in [1.29, 1.82) is 0 Å². The molecule has 0 N–H and O–H groups in total. The summed E-state index contributed by atoms with van der Waals surface area (Å²) in [5, 5.41) is 3.80. The molecule has 0 aliphatic carbocycles. The van der Waals surface area contributed by atoms with Crippen molar-refractivity contribution in [1.82, 2.24) is 14.5 Å². The number of pyridine rings is 2. The van der Waals surface area contributed by atoms with E-state index in [1.54, 1.807) is 62.4 Å². The van der Waals surface area contributed by atoms with Crippen molar-refractivity contribution >= 4 is 33.8 Å². The maximum atomic E-state index is 14.0. The van der Waals surface area contributed by atoms with E-state index in [0.29, 0.717) is 49.6 Å². The van der Waals surface area contributed by atoms with Gasteiger partial charge >= 0.3 is 0 Å². The highest BCUT2D eigenvalue weighted by atomic mass is 35.5. The molecule has 0 fully saturated rings. The van der Waals surface area contributed by atoms with Crippen LogP contribution < -0.4 is 19.8 Å². The summed E-state index contributed by atoms with van der Waals surface area (Å²) in [5.74, 6) is 1.50. The van der Waals surface area contributed by atoms with Gasteiger partial charge in [0.1, 0.15) is 16.5 Å². The molecule has 0 aliphatic heterocycles. The molecule has 5 rings (SSSR count). The number of rotatable bonds is 6. The Morgan fingerprint density at radius 2 is 1.74 bits per heavy atom. The van der Waals surface area contributed by atoms with Crippen molar-refractivity contribution in [2.75, 3.05) is 21.3 Å². The first-order valence-electron chi connectivity index (χ1n) is 10.6. The van der Waals surface area contributed by atoms with Crippen LogP contribution in [0, 0.1) is 0 Å². The lowest BCUT2D eigenvalue weighted by atomic mass is 10.1. The SMILES string of the molecule is COc1ccc(OC)c(-n2c(=O)c(-c3nc(-c4ccc(Cl)cc4)cs3)cc3c(OC)nccc32)c1. The first-order valence-corrected chi connectivity index (χ1v) is 11.8. The summed E-state index contributed by atoms with van der Waals surface area (Å²) >= 11 is 7.41. The number of aromatic nitrogens is 3. The van der Waals surface area contributed by atoms with Crippen molar-refractivity contribution < 1.29 is 14.2 Å². The van der Waals surface area contributed by atoms with E-state index < -0.39 is 0 Å². The molecule has 3 aromatic heterocycles. The molecule has 0 radical (unpaired) electrons. The van der Waals surface area contributed by atoms with Gasteiger partial charge in [0.25, 0.3) is 5.56 Å². The van der Waals surface area contributed by atoms with E-state index in [-0.39, 0.29) is 5.56 Å². The lowest BCUT2D eigenvalue weighted by molar-refractivity contribution is 0.401. The summed E-state index contributed by atoms with van der Waals surface area (Å²) in [4.78, 5) is 23.1. The smallest absolute Gasteiger partial charge is 0.266 e. The van der Waals surface area contributed by atoms with E-state index in [4.69, 9.17) is 30.8 Å². The molecule has 7 nitrogen and oxygen atoms in total. The molecule has 0 saturated heterocycles. The number of ether oxygens (including phenoxy) is 3. The summed E-state index contributed by atoms with van der Waals surface area (Å²) in [6.07, 6.45) is 1.60. The third-order valence-corrected chi connectivity index (χ3v) is 6.72. The quantitative estimate of drug-likeness (QED) is 0.288. The van der Waals surface area contributed by atoms with E-state index in [1.165, 1.54) is 11.3 Å². The molecule has 0 atom stereocenters. The van der Waals surface area contributed by atoms with E-state index in [2.05, 4.69) is 4.98 Å². The molecule has 0 bridgehead atoms. The van der Waals surface area contributed by atoms with Crippen LogP contribution in [0.15, 0.2) is 71.0 Å². The maximum Gasteiger partial charge on any atom is 0.266 e. The fourth-order valence-electron chi connectivity index (χ4n) is 3.89. The third kappa shape index (κ3) is 4.11. The second kappa shape index (κ2) is 9.40. The number of methoxy groups -OCH3 is 3. The Morgan fingerprint density at radius 1 is 0.943 bits per heavy atom. The largest absolute Gasteiger partial charge is 0.497 e. The Morgan fingerprint density at radius 3 is 2.46 bits per heavy atom. The van der Waals surface area contributed by atoms with Crippen LogP contribution in [0.25, 0.3) is 38.4 Å². The molecule has 0 spiro atoms. The van der Waals surface area contributed by atoms with Crippen molar-refractivity contribution in [2.45, 2.75) is 0 Å². The van der Waals surface area contributed by atoms with Crippen LogP contribution in [-0.2, 0) is 0 Å². The zero-order chi connectivity index (χ0) is 24.5. The second-order valence-electron chi connectivity index (χ2n) is 7.53. The Kier molecular flexibility index (Phi) is 6.15. The van der Waals surface area contributed by atoms with Gasteiger partial charge in [-0.05, 0) is 36.4 Å². The number of halogens is 1. The molecular weight excluding hydrogens is 486 g/mol. The molecule has 9 heteroatoms. The van der Waals surface area contributed by atoms with E-state index in [1.807, 2.05) is 29.6 Å². The van der Waals surface area contributed by atoms with Gasteiger partial charge < -0.3 is 14.2 Å². The van der Waals surface area contributed by atoms with Crippen LogP contribution in [-0.4, -0.2) is 35.9 Å². The molecule has 176 valence electrons. The fourth-order valence-corrected chi connectivity index (χ4v) is 4.85. The summed E-state index contributed by atoms with van der Waals surface area (Å²) in [5.41, 5.74) is 2.97. The first kappa shape index (κ1) is 22.9. The summed E-state index contributed by atoms with van der Waals surface area (Å²) in [6.45, 7) is 0. The highest BCUT2D eigenvalue weighted by Crippen LogP contribution is 2.34. The highest BCUT2D eigenvalue weighted by Gasteiger charge is 2.20. The molecule has 0 saturated carbocycles. The normalized spacial score (nSPS) is 11.0. The van der Waals surface area contributed by atoms with Gasteiger partial charge in [-0.3, -0.25) is 9.36 Å². The van der Waals surface area contributed by atoms with Crippen molar-refractivity contribution in [3.05, 3.63) is 81.6 Å². The monoisotopic (exact) mass is 505 g/mol. The van der Waals surface area contributed by atoms with Gasteiger partial charge in [0.2, 0.25) is 5.88 Å². The van der Waals surface area contributed by atoms with Crippen LogP contribution in [0.4, 0.5) is 0 Å². The van der Waals surface area contributed by atoms with Gasteiger partial charge in [-0.15, -0.1) is 11.3 Å². The molecule has 35 heavy (non-hydrogen) atoms. The topological polar surface area (TPSA) is 75.5 Å². The van der Waals surface area contributed by atoms with Gasteiger partial charge in [-0.1, -0.05) is 23.7 Å². The van der Waals surface area contributed by atoms with Crippen LogP contribution in [0.1, 0.15) is 0 Å². The molecule has 2 aromatic carbocycles. The van der Waals surface area contributed by atoms with Crippen LogP contribution in [0.5, 0.6) is 17.4 Å². The summed E-state index contributed by atoms with van der Waals surface area (Å²) < 4.78 is 18.1. The lowest BCUT2D eigenvalue weighted by Gasteiger charge is -2.17. The molecule has 0 unspecified atom stereocenters. The average molecular weight is 506 g/mol. The maximum absolute atomic E-state index is 14.0. The van der Waals surface area contributed by atoms with Crippen LogP contribution in [0.3, 0.4) is 0 Å². The predicted octanol–water partition coefficient (Wildman–Crippen LogP) is 5.86. The summed E-state index contributed by atoms with van der Waals surface area (Å²) in [7, 11) is 4.68. The molecule has 3 heterocycles. The van der Waals surface area contributed by atoms with Crippen molar-refractivity contribution in [2.24, 2.45) is 0 Å².